The zero-order valence-corrected chi connectivity index (χ0v) is 11.7. The fraction of sp³-hybridized carbons (Fsp3) is 0.538. The van der Waals surface area contributed by atoms with Crippen LogP contribution in [0.4, 0.5) is 10.1 Å². The van der Waals surface area contributed by atoms with Crippen molar-refractivity contribution in [3.63, 3.8) is 0 Å². The lowest BCUT2D eigenvalue weighted by atomic mass is 10.0. The molecule has 1 unspecified atom stereocenters. The summed E-state index contributed by atoms with van der Waals surface area (Å²) >= 11 is 5.78. The molecule has 0 aliphatic rings. The molecule has 5 heteroatoms. The van der Waals surface area contributed by atoms with Gasteiger partial charge in [0.2, 0.25) is 0 Å². The van der Waals surface area contributed by atoms with Crippen LogP contribution in [0.25, 0.3) is 0 Å². The van der Waals surface area contributed by atoms with E-state index in [1.54, 1.807) is 0 Å². The molecule has 0 aromatic heterocycles. The maximum absolute atomic E-state index is 13.4. The van der Waals surface area contributed by atoms with E-state index in [4.69, 9.17) is 17.3 Å². The number of nitrogen functional groups attached to an aromatic ring is 1. The van der Waals surface area contributed by atoms with Crippen LogP contribution in [0.5, 0.6) is 0 Å². The van der Waals surface area contributed by atoms with Crippen molar-refractivity contribution in [1.29, 1.82) is 0 Å². The summed E-state index contributed by atoms with van der Waals surface area (Å²) in [6.07, 6.45) is 0.111. The molecule has 0 saturated carbocycles. The van der Waals surface area contributed by atoms with Gasteiger partial charge < -0.3 is 16.2 Å². The van der Waals surface area contributed by atoms with Crippen molar-refractivity contribution in [2.45, 2.75) is 38.8 Å². The third-order valence-corrected chi connectivity index (χ3v) is 3.46. The molecule has 0 aliphatic heterocycles. The predicted molar refractivity (Wildman–Crippen MR) is 73.2 cm³/mol. The van der Waals surface area contributed by atoms with E-state index in [0.29, 0.717) is 12.1 Å². The SMILES string of the molecule is CCC(C)(C)NCC(O)c1cc(F)c(N)c(Cl)c1. The maximum atomic E-state index is 13.4. The summed E-state index contributed by atoms with van der Waals surface area (Å²) in [6, 6.07) is 2.71. The number of nitrogens with one attached hydrogen (secondary N) is 1. The van der Waals surface area contributed by atoms with Crippen LogP contribution in [-0.4, -0.2) is 17.2 Å². The van der Waals surface area contributed by atoms with Crippen LogP contribution in [-0.2, 0) is 0 Å². The minimum atomic E-state index is -0.816. The Labute approximate surface area is 112 Å². The first-order chi connectivity index (χ1) is 8.26. The van der Waals surface area contributed by atoms with E-state index in [0.717, 1.165) is 6.42 Å². The van der Waals surface area contributed by atoms with Crippen molar-refractivity contribution >= 4 is 17.3 Å². The Morgan fingerprint density at radius 1 is 1.50 bits per heavy atom. The van der Waals surface area contributed by atoms with Crippen LogP contribution in [0.15, 0.2) is 12.1 Å². The molecule has 4 N–H and O–H groups in total. The highest BCUT2D eigenvalue weighted by Crippen LogP contribution is 2.26. The van der Waals surface area contributed by atoms with E-state index in [1.165, 1.54) is 12.1 Å². The van der Waals surface area contributed by atoms with Gasteiger partial charge in [-0.1, -0.05) is 18.5 Å². The van der Waals surface area contributed by atoms with Crippen LogP contribution >= 0.6 is 11.6 Å². The van der Waals surface area contributed by atoms with Crippen molar-refractivity contribution in [3.8, 4) is 0 Å². The van der Waals surface area contributed by atoms with Crippen molar-refractivity contribution in [2.75, 3.05) is 12.3 Å². The molecule has 1 rings (SSSR count). The minimum Gasteiger partial charge on any atom is -0.395 e. The van der Waals surface area contributed by atoms with Gasteiger partial charge in [0.25, 0.3) is 0 Å². The van der Waals surface area contributed by atoms with Gasteiger partial charge in [-0.05, 0) is 38.0 Å². The first-order valence-electron chi connectivity index (χ1n) is 5.94. The van der Waals surface area contributed by atoms with Gasteiger partial charge in [-0.3, -0.25) is 0 Å². The van der Waals surface area contributed by atoms with Gasteiger partial charge in [0.1, 0.15) is 5.82 Å². The molecule has 0 spiro atoms. The molecule has 0 saturated heterocycles. The molecule has 0 amide bonds. The molecule has 0 radical (unpaired) electrons. The smallest absolute Gasteiger partial charge is 0.147 e. The summed E-state index contributed by atoms with van der Waals surface area (Å²) < 4.78 is 13.4. The van der Waals surface area contributed by atoms with Crippen LogP contribution in [0, 0.1) is 5.82 Å². The highest BCUT2D eigenvalue weighted by molar-refractivity contribution is 6.33. The number of hydrogen-bond donors (Lipinski definition) is 3. The van der Waals surface area contributed by atoms with Gasteiger partial charge in [-0.25, -0.2) is 4.39 Å². The summed E-state index contributed by atoms with van der Waals surface area (Å²) in [6.45, 7) is 6.46. The zero-order chi connectivity index (χ0) is 13.9. The van der Waals surface area contributed by atoms with E-state index in [1.807, 2.05) is 13.8 Å². The van der Waals surface area contributed by atoms with Crippen molar-refractivity contribution in [2.24, 2.45) is 0 Å². The number of halogens is 2. The number of aliphatic hydroxyl groups excluding tert-OH is 1. The fourth-order valence-corrected chi connectivity index (χ4v) is 1.63. The van der Waals surface area contributed by atoms with Crippen LogP contribution in [0.3, 0.4) is 0 Å². The molecule has 1 aromatic rings. The molecule has 1 atom stereocenters. The number of rotatable bonds is 5. The Bertz CT molecular complexity index is 400. The van der Waals surface area contributed by atoms with E-state index < -0.39 is 11.9 Å². The second-order valence-electron chi connectivity index (χ2n) is 5.03. The standard InChI is InChI=1S/C13H20ClFN2O/c1-4-13(2,3)17-7-11(18)8-5-9(14)12(16)10(15)6-8/h5-6,11,17-18H,4,7,16H2,1-3H3. The fourth-order valence-electron chi connectivity index (χ4n) is 1.41. The number of benzene rings is 1. The lowest BCUT2D eigenvalue weighted by molar-refractivity contribution is 0.160. The Balaban J connectivity index is 2.76. The first-order valence-corrected chi connectivity index (χ1v) is 6.32. The average Bonchev–Trinajstić information content (AvgIpc) is 2.32. The van der Waals surface area contributed by atoms with Crippen molar-refractivity contribution in [3.05, 3.63) is 28.5 Å². The molecule has 3 nitrogen and oxygen atoms in total. The Kier molecular flexibility index (Phi) is 4.96. The summed E-state index contributed by atoms with van der Waals surface area (Å²) in [5.41, 5.74) is 5.67. The molecular formula is C13H20ClFN2O. The van der Waals surface area contributed by atoms with E-state index in [-0.39, 0.29) is 16.2 Å². The monoisotopic (exact) mass is 274 g/mol. The largest absolute Gasteiger partial charge is 0.395 e. The summed E-state index contributed by atoms with van der Waals surface area (Å²) in [7, 11) is 0. The number of β-amino-alcohol motifs (C(OH)–C–C–N with tert-alkyl or cyclic N) is 1. The Morgan fingerprint density at radius 3 is 2.61 bits per heavy atom. The number of hydrogen-bond acceptors (Lipinski definition) is 3. The Hall–Kier alpha value is -0.840. The van der Waals surface area contributed by atoms with Gasteiger partial charge in [-0.2, -0.15) is 0 Å². The third kappa shape index (κ3) is 3.83. The highest BCUT2D eigenvalue weighted by atomic mass is 35.5. The molecule has 1 aromatic carbocycles. The Morgan fingerprint density at radius 2 is 2.11 bits per heavy atom. The minimum absolute atomic E-state index is 0.0723. The second-order valence-corrected chi connectivity index (χ2v) is 5.44. The molecule has 0 heterocycles. The molecular weight excluding hydrogens is 255 g/mol. The summed E-state index contributed by atoms with van der Waals surface area (Å²) in [4.78, 5) is 0. The van der Waals surface area contributed by atoms with E-state index >= 15 is 0 Å². The van der Waals surface area contributed by atoms with Crippen molar-refractivity contribution < 1.29 is 9.50 Å². The maximum Gasteiger partial charge on any atom is 0.147 e. The lowest BCUT2D eigenvalue weighted by Crippen LogP contribution is -2.40. The quantitative estimate of drug-likeness (QED) is 0.724. The average molecular weight is 275 g/mol. The summed E-state index contributed by atoms with van der Waals surface area (Å²) in [5.74, 6) is -0.605. The number of aliphatic hydroxyl groups is 1. The number of anilines is 1. The number of nitrogens with two attached hydrogens (primary N) is 1. The second kappa shape index (κ2) is 5.87. The third-order valence-electron chi connectivity index (χ3n) is 3.14. The van der Waals surface area contributed by atoms with Crippen LogP contribution in [0.2, 0.25) is 5.02 Å². The first kappa shape index (κ1) is 15.2. The van der Waals surface area contributed by atoms with Gasteiger partial charge in [0.05, 0.1) is 16.8 Å². The molecule has 102 valence electrons. The van der Waals surface area contributed by atoms with E-state index in [9.17, 15) is 9.50 Å². The highest BCUT2D eigenvalue weighted by Gasteiger charge is 2.18. The zero-order valence-electron chi connectivity index (χ0n) is 10.9. The lowest BCUT2D eigenvalue weighted by Gasteiger charge is -2.26. The van der Waals surface area contributed by atoms with Crippen LogP contribution in [0.1, 0.15) is 38.9 Å². The molecule has 0 fully saturated rings. The molecule has 18 heavy (non-hydrogen) atoms. The predicted octanol–water partition coefficient (Wildman–Crippen LogP) is 2.87. The summed E-state index contributed by atoms with van der Waals surface area (Å²) in [5, 5.41) is 13.3. The van der Waals surface area contributed by atoms with E-state index in [2.05, 4.69) is 12.2 Å². The van der Waals surface area contributed by atoms with Gasteiger partial charge in [0, 0.05) is 12.1 Å². The normalized spacial score (nSPS) is 13.7. The van der Waals surface area contributed by atoms with Crippen LogP contribution < -0.4 is 11.1 Å². The molecule has 0 bridgehead atoms. The van der Waals surface area contributed by atoms with Gasteiger partial charge in [0.15, 0.2) is 0 Å². The van der Waals surface area contributed by atoms with Crippen molar-refractivity contribution in [1.82, 2.24) is 5.32 Å². The molecule has 0 aliphatic carbocycles. The topological polar surface area (TPSA) is 58.3 Å². The van der Waals surface area contributed by atoms with Gasteiger partial charge in [-0.15, -0.1) is 0 Å². The van der Waals surface area contributed by atoms with Gasteiger partial charge >= 0.3 is 0 Å².